The largest absolute Gasteiger partial charge is 0.356 e. The molecule has 0 aromatic heterocycles. The molecule has 0 spiro atoms. The van der Waals surface area contributed by atoms with Crippen LogP contribution in [0.5, 0.6) is 0 Å². The fourth-order valence-electron chi connectivity index (χ4n) is 2.00. The van der Waals surface area contributed by atoms with Crippen molar-refractivity contribution in [3.05, 3.63) is 0 Å². The zero-order valence-electron chi connectivity index (χ0n) is 9.77. The first-order valence-electron chi connectivity index (χ1n) is 5.84. The molecule has 1 saturated carbocycles. The molecule has 3 nitrogen and oxygen atoms in total. The topological polar surface area (TPSA) is 46.2 Å². The molecular formula is C12H21NO2. The van der Waals surface area contributed by atoms with Crippen molar-refractivity contribution in [3.8, 4) is 0 Å². The monoisotopic (exact) mass is 211 g/mol. The quantitative estimate of drug-likeness (QED) is 0.731. The summed E-state index contributed by atoms with van der Waals surface area (Å²) >= 11 is 0. The SMILES string of the molecule is CCC1(CNC(=O)CCC(C)=O)CCC1. The highest BCUT2D eigenvalue weighted by Gasteiger charge is 2.34. The lowest BCUT2D eigenvalue weighted by atomic mass is 9.67. The molecular weight excluding hydrogens is 190 g/mol. The van der Waals surface area contributed by atoms with E-state index in [9.17, 15) is 9.59 Å². The molecule has 1 aliphatic carbocycles. The Morgan fingerprint density at radius 1 is 1.27 bits per heavy atom. The van der Waals surface area contributed by atoms with E-state index in [0.717, 1.165) is 13.0 Å². The normalized spacial score (nSPS) is 18.0. The van der Waals surface area contributed by atoms with Gasteiger partial charge in [-0.2, -0.15) is 0 Å². The van der Waals surface area contributed by atoms with Gasteiger partial charge in [0.15, 0.2) is 0 Å². The number of hydrogen-bond acceptors (Lipinski definition) is 2. The minimum absolute atomic E-state index is 0.0184. The van der Waals surface area contributed by atoms with E-state index in [1.54, 1.807) is 0 Å². The summed E-state index contributed by atoms with van der Waals surface area (Å²) in [5, 5.41) is 2.94. The van der Waals surface area contributed by atoms with Crippen LogP contribution in [0.4, 0.5) is 0 Å². The van der Waals surface area contributed by atoms with Crippen molar-refractivity contribution in [2.45, 2.75) is 52.4 Å². The van der Waals surface area contributed by atoms with Gasteiger partial charge < -0.3 is 10.1 Å². The lowest BCUT2D eigenvalue weighted by Gasteiger charge is -2.41. The number of amides is 1. The predicted octanol–water partition coefficient (Wildman–Crippen LogP) is 2.05. The zero-order chi connectivity index (χ0) is 11.3. The lowest BCUT2D eigenvalue weighted by Crippen LogP contribution is -2.41. The zero-order valence-corrected chi connectivity index (χ0v) is 9.77. The van der Waals surface area contributed by atoms with Crippen LogP contribution in [-0.4, -0.2) is 18.2 Å². The van der Waals surface area contributed by atoms with E-state index in [1.807, 2.05) is 0 Å². The lowest BCUT2D eigenvalue weighted by molar-refractivity contribution is -0.125. The van der Waals surface area contributed by atoms with E-state index in [2.05, 4.69) is 12.2 Å². The molecule has 15 heavy (non-hydrogen) atoms. The van der Waals surface area contributed by atoms with Gasteiger partial charge in [0.25, 0.3) is 0 Å². The van der Waals surface area contributed by atoms with Crippen LogP contribution in [0.15, 0.2) is 0 Å². The summed E-state index contributed by atoms with van der Waals surface area (Å²) in [6, 6.07) is 0. The standard InChI is InChI=1S/C12H21NO2/c1-3-12(7-4-8-12)9-13-11(15)6-5-10(2)14/h3-9H2,1-2H3,(H,13,15). The molecule has 0 saturated heterocycles. The Morgan fingerprint density at radius 2 is 1.93 bits per heavy atom. The van der Waals surface area contributed by atoms with Gasteiger partial charge in [-0.3, -0.25) is 4.79 Å². The second kappa shape index (κ2) is 5.29. The number of carbonyl (C=O) groups excluding carboxylic acids is 2. The van der Waals surface area contributed by atoms with Gasteiger partial charge in [-0.15, -0.1) is 0 Å². The van der Waals surface area contributed by atoms with Gasteiger partial charge in [0.05, 0.1) is 0 Å². The first-order chi connectivity index (χ1) is 7.08. The highest BCUT2D eigenvalue weighted by Crippen LogP contribution is 2.42. The molecule has 1 fully saturated rings. The molecule has 0 atom stereocenters. The molecule has 0 aromatic rings. The van der Waals surface area contributed by atoms with Gasteiger partial charge in [0.1, 0.15) is 5.78 Å². The maximum atomic E-state index is 11.4. The molecule has 1 rings (SSSR count). The molecule has 1 aliphatic rings. The van der Waals surface area contributed by atoms with Gasteiger partial charge >= 0.3 is 0 Å². The van der Waals surface area contributed by atoms with E-state index in [1.165, 1.54) is 26.2 Å². The Hall–Kier alpha value is -0.860. The molecule has 0 bridgehead atoms. The summed E-state index contributed by atoms with van der Waals surface area (Å²) in [5.74, 6) is 0.101. The van der Waals surface area contributed by atoms with E-state index in [-0.39, 0.29) is 11.7 Å². The average Bonchev–Trinajstić information content (AvgIpc) is 2.14. The minimum atomic E-state index is 0.0184. The summed E-state index contributed by atoms with van der Waals surface area (Å²) in [7, 11) is 0. The van der Waals surface area contributed by atoms with Crippen LogP contribution in [0.1, 0.15) is 52.4 Å². The molecule has 3 heteroatoms. The predicted molar refractivity (Wildman–Crippen MR) is 59.5 cm³/mol. The summed E-state index contributed by atoms with van der Waals surface area (Å²) in [4.78, 5) is 22.1. The van der Waals surface area contributed by atoms with Crippen molar-refractivity contribution in [2.24, 2.45) is 5.41 Å². The van der Waals surface area contributed by atoms with Crippen LogP contribution in [0.3, 0.4) is 0 Å². The Bertz CT molecular complexity index is 238. The van der Waals surface area contributed by atoms with Crippen LogP contribution in [-0.2, 0) is 9.59 Å². The fourth-order valence-corrected chi connectivity index (χ4v) is 2.00. The molecule has 0 heterocycles. The highest BCUT2D eigenvalue weighted by atomic mass is 16.2. The smallest absolute Gasteiger partial charge is 0.220 e. The molecule has 0 unspecified atom stereocenters. The number of rotatable bonds is 6. The number of Topliss-reactive ketones (excluding diaryl/α,β-unsaturated/α-hetero) is 1. The first-order valence-corrected chi connectivity index (χ1v) is 5.84. The summed E-state index contributed by atoms with van der Waals surface area (Å²) in [6.07, 6.45) is 5.60. The maximum Gasteiger partial charge on any atom is 0.220 e. The third-order valence-electron chi connectivity index (χ3n) is 3.53. The second-order valence-corrected chi connectivity index (χ2v) is 4.69. The minimum Gasteiger partial charge on any atom is -0.356 e. The fraction of sp³-hybridized carbons (Fsp3) is 0.833. The highest BCUT2D eigenvalue weighted by molar-refractivity contribution is 5.83. The van der Waals surface area contributed by atoms with Gasteiger partial charge in [0, 0.05) is 19.4 Å². The molecule has 0 aromatic carbocycles. The second-order valence-electron chi connectivity index (χ2n) is 4.69. The van der Waals surface area contributed by atoms with E-state index in [4.69, 9.17) is 0 Å². The maximum absolute atomic E-state index is 11.4. The van der Waals surface area contributed by atoms with Crippen molar-refractivity contribution in [1.82, 2.24) is 5.32 Å². The van der Waals surface area contributed by atoms with Gasteiger partial charge in [0.2, 0.25) is 5.91 Å². The molecule has 86 valence electrons. The number of hydrogen-bond donors (Lipinski definition) is 1. The van der Waals surface area contributed by atoms with E-state index < -0.39 is 0 Å². The molecule has 0 aliphatic heterocycles. The van der Waals surface area contributed by atoms with Crippen molar-refractivity contribution >= 4 is 11.7 Å². The molecule has 1 amide bonds. The van der Waals surface area contributed by atoms with Crippen molar-refractivity contribution in [2.75, 3.05) is 6.54 Å². The first kappa shape index (κ1) is 12.2. The van der Waals surface area contributed by atoms with E-state index in [0.29, 0.717) is 18.3 Å². The summed E-state index contributed by atoms with van der Waals surface area (Å²) in [5.41, 5.74) is 0.367. The van der Waals surface area contributed by atoms with E-state index >= 15 is 0 Å². The van der Waals surface area contributed by atoms with Crippen molar-refractivity contribution in [3.63, 3.8) is 0 Å². The van der Waals surface area contributed by atoms with Crippen LogP contribution in [0.25, 0.3) is 0 Å². The number of carbonyl (C=O) groups is 2. The Kier molecular flexibility index (Phi) is 4.30. The molecule has 0 radical (unpaired) electrons. The van der Waals surface area contributed by atoms with Crippen LogP contribution in [0.2, 0.25) is 0 Å². The van der Waals surface area contributed by atoms with Crippen molar-refractivity contribution in [1.29, 1.82) is 0 Å². The Labute approximate surface area is 91.6 Å². The van der Waals surface area contributed by atoms with Crippen molar-refractivity contribution < 1.29 is 9.59 Å². The van der Waals surface area contributed by atoms with Crippen LogP contribution in [0, 0.1) is 5.41 Å². The average molecular weight is 211 g/mol. The van der Waals surface area contributed by atoms with Crippen LogP contribution >= 0.6 is 0 Å². The third kappa shape index (κ3) is 3.65. The molecule has 1 N–H and O–H groups in total. The number of ketones is 1. The number of nitrogens with one attached hydrogen (secondary N) is 1. The Morgan fingerprint density at radius 3 is 2.33 bits per heavy atom. The Balaban J connectivity index is 2.18. The van der Waals surface area contributed by atoms with Gasteiger partial charge in [-0.1, -0.05) is 13.3 Å². The summed E-state index contributed by atoms with van der Waals surface area (Å²) in [6.45, 7) is 4.49. The van der Waals surface area contributed by atoms with Gasteiger partial charge in [-0.25, -0.2) is 0 Å². The third-order valence-corrected chi connectivity index (χ3v) is 3.53. The van der Waals surface area contributed by atoms with Crippen LogP contribution < -0.4 is 5.32 Å². The van der Waals surface area contributed by atoms with Gasteiger partial charge in [-0.05, 0) is 31.6 Å². The summed E-state index contributed by atoms with van der Waals surface area (Å²) < 4.78 is 0.